The third kappa shape index (κ3) is 2.97. The lowest BCUT2D eigenvalue weighted by Gasteiger charge is -2.40. The zero-order valence-electron chi connectivity index (χ0n) is 9.47. The van der Waals surface area contributed by atoms with Gasteiger partial charge < -0.3 is 4.43 Å². The molecule has 1 fully saturated rings. The highest BCUT2D eigenvalue weighted by atomic mass is 28.4. The average Bonchev–Trinajstić information content (AvgIpc) is 2.15. The fourth-order valence-corrected chi connectivity index (χ4v) is 5.76. The molecule has 1 heterocycles. The van der Waals surface area contributed by atoms with Crippen LogP contribution in [0.4, 0.5) is 13.2 Å². The van der Waals surface area contributed by atoms with Crippen molar-refractivity contribution in [3.05, 3.63) is 0 Å². The van der Waals surface area contributed by atoms with Gasteiger partial charge in [0, 0.05) is 11.6 Å². The Labute approximate surface area is 90.1 Å². The van der Waals surface area contributed by atoms with Crippen LogP contribution in [0.2, 0.25) is 18.1 Å². The summed E-state index contributed by atoms with van der Waals surface area (Å²) in [5.74, 6) is 0. The lowest BCUT2D eigenvalue weighted by molar-refractivity contribution is 0.0401. The van der Waals surface area contributed by atoms with E-state index in [1.807, 2.05) is 13.5 Å². The predicted octanol–water partition coefficient (Wildman–Crippen LogP) is 3.75. The van der Waals surface area contributed by atoms with Crippen LogP contribution in [0.15, 0.2) is 0 Å². The van der Waals surface area contributed by atoms with E-state index in [1.165, 1.54) is 0 Å². The summed E-state index contributed by atoms with van der Waals surface area (Å²) in [5.41, 5.74) is -0.625. The van der Waals surface area contributed by atoms with Crippen molar-refractivity contribution in [1.82, 2.24) is 0 Å². The van der Waals surface area contributed by atoms with Crippen molar-refractivity contribution >= 4 is 8.32 Å². The molecule has 1 aliphatic heterocycles. The maximum atomic E-state index is 13.3. The summed E-state index contributed by atoms with van der Waals surface area (Å²) in [7, 11) is -2.28. The number of hydrogen-bond donors (Lipinski definition) is 0. The van der Waals surface area contributed by atoms with Crippen LogP contribution in [-0.2, 0) is 4.43 Å². The van der Waals surface area contributed by atoms with Gasteiger partial charge in [-0.05, 0) is 25.9 Å². The molecule has 0 aromatic carbocycles. The second-order valence-corrected chi connectivity index (χ2v) is 8.97. The van der Waals surface area contributed by atoms with Crippen molar-refractivity contribution < 1.29 is 17.6 Å². The van der Waals surface area contributed by atoms with Crippen LogP contribution in [0, 0.1) is 0 Å². The van der Waals surface area contributed by atoms with Crippen LogP contribution in [0.5, 0.6) is 0 Å². The smallest absolute Gasteiger partial charge is 0.269 e. The topological polar surface area (TPSA) is 9.23 Å². The summed E-state index contributed by atoms with van der Waals surface area (Å²) in [5, 5.41) is 0. The maximum absolute atomic E-state index is 13.3. The minimum atomic E-state index is -2.88. The van der Waals surface area contributed by atoms with Crippen molar-refractivity contribution in [2.75, 3.05) is 0 Å². The predicted molar refractivity (Wildman–Crippen MR) is 56.5 cm³/mol. The Kier molecular flexibility index (Phi) is 4.23. The molecule has 1 nitrogen and oxygen atoms in total. The summed E-state index contributed by atoms with van der Waals surface area (Å²) < 4.78 is 43.6. The van der Waals surface area contributed by atoms with Crippen LogP contribution in [0.1, 0.15) is 26.7 Å². The van der Waals surface area contributed by atoms with Gasteiger partial charge in [-0.25, -0.2) is 13.2 Å². The first-order valence-electron chi connectivity index (χ1n) is 5.47. The molecule has 0 N–H and O–H groups in total. The lowest BCUT2D eigenvalue weighted by atomic mass is 10.2. The van der Waals surface area contributed by atoms with Crippen LogP contribution >= 0.6 is 0 Å². The highest BCUT2D eigenvalue weighted by Gasteiger charge is 2.45. The molecule has 0 spiro atoms. The summed E-state index contributed by atoms with van der Waals surface area (Å²) in [6, 6.07) is 0.797. The van der Waals surface area contributed by atoms with Crippen molar-refractivity contribution in [2.24, 2.45) is 0 Å². The van der Waals surface area contributed by atoms with Gasteiger partial charge in [-0.15, -0.1) is 0 Å². The Hall–Kier alpha value is -0.0331. The summed E-state index contributed by atoms with van der Waals surface area (Å²) in [6.45, 7) is 5.39. The first-order valence-corrected chi connectivity index (χ1v) is 8.16. The van der Waals surface area contributed by atoms with Gasteiger partial charge in [0.1, 0.15) is 0 Å². The lowest BCUT2D eigenvalue weighted by Crippen LogP contribution is -2.48. The summed E-state index contributed by atoms with van der Waals surface area (Å²) >= 11 is 0. The minimum Gasteiger partial charge on any atom is -0.414 e. The zero-order valence-corrected chi connectivity index (χ0v) is 10.5. The molecule has 0 amide bonds. The Balaban J connectivity index is 2.67. The van der Waals surface area contributed by atoms with E-state index in [-0.39, 0.29) is 6.10 Å². The molecule has 5 heteroatoms. The maximum Gasteiger partial charge on any atom is 0.269 e. The molecule has 1 rings (SSSR count). The average molecular weight is 240 g/mol. The Morgan fingerprint density at radius 1 is 1.33 bits per heavy atom. The van der Waals surface area contributed by atoms with Gasteiger partial charge in [-0.3, -0.25) is 0 Å². The molecular formula is C10H19F3OSi. The van der Waals surface area contributed by atoms with E-state index in [9.17, 15) is 13.2 Å². The van der Waals surface area contributed by atoms with Crippen molar-refractivity contribution in [3.8, 4) is 0 Å². The molecule has 0 aliphatic carbocycles. The largest absolute Gasteiger partial charge is 0.414 e. The van der Waals surface area contributed by atoms with Gasteiger partial charge in [-0.2, -0.15) is 0 Å². The van der Waals surface area contributed by atoms with E-state index in [4.69, 9.17) is 4.43 Å². The SMILES string of the molecule is CC1CCC[Si](C)(C(C)C(F)C(F)F)O1. The van der Waals surface area contributed by atoms with E-state index < -0.39 is 26.5 Å². The molecule has 0 saturated carbocycles. The van der Waals surface area contributed by atoms with Crippen LogP contribution in [0.25, 0.3) is 0 Å². The van der Waals surface area contributed by atoms with Gasteiger partial charge in [-0.1, -0.05) is 13.3 Å². The van der Waals surface area contributed by atoms with Crippen LogP contribution in [0.3, 0.4) is 0 Å². The standard InChI is InChI=1S/C10H19F3OSi/c1-7-5-4-6-15(3,14-7)8(2)9(11)10(12)13/h7-10H,4-6H2,1-3H3. The first-order chi connectivity index (χ1) is 6.87. The second kappa shape index (κ2) is 4.87. The molecule has 15 heavy (non-hydrogen) atoms. The Morgan fingerprint density at radius 3 is 2.40 bits per heavy atom. The molecular weight excluding hydrogens is 221 g/mol. The molecule has 0 bridgehead atoms. The van der Waals surface area contributed by atoms with E-state index in [2.05, 4.69) is 0 Å². The fourth-order valence-electron chi connectivity index (χ4n) is 2.21. The molecule has 0 radical (unpaired) electrons. The van der Waals surface area contributed by atoms with Crippen molar-refractivity contribution in [1.29, 1.82) is 0 Å². The quantitative estimate of drug-likeness (QED) is 0.683. The molecule has 1 aliphatic rings. The van der Waals surface area contributed by atoms with Gasteiger partial charge >= 0.3 is 0 Å². The van der Waals surface area contributed by atoms with Crippen molar-refractivity contribution in [3.63, 3.8) is 0 Å². The molecule has 0 aromatic heterocycles. The third-order valence-corrected chi connectivity index (χ3v) is 7.97. The number of rotatable bonds is 3. The molecule has 90 valence electrons. The normalized spacial score (nSPS) is 36.6. The molecule has 4 unspecified atom stereocenters. The van der Waals surface area contributed by atoms with Gasteiger partial charge in [0.2, 0.25) is 0 Å². The highest BCUT2D eigenvalue weighted by molar-refractivity contribution is 6.74. The van der Waals surface area contributed by atoms with E-state index >= 15 is 0 Å². The van der Waals surface area contributed by atoms with Crippen LogP contribution < -0.4 is 0 Å². The summed E-state index contributed by atoms with van der Waals surface area (Å²) in [4.78, 5) is 0. The van der Waals surface area contributed by atoms with Crippen molar-refractivity contribution in [2.45, 2.75) is 63.5 Å². The van der Waals surface area contributed by atoms with Gasteiger partial charge in [0.15, 0.2) is 14.5 Å². The first kappa shape index (κ1) is 13.0. The van der Waals surface area contributed by atoms with E-state index in [0.717, 1.165) is 18.9 Å². The van der Waals surface area contributed by atoms with Gasteiger partial charge in [0.25, 0.3) is 6.43 Å². The van der Waals surface area contributed by atoms with Gasteiger partial charge in [0.05, 0.1) is 0 Å². The monoisotopic (exact) mass is 240 g/mol. The fraction of sp³-hybridized carbons (Fsp3) is 1.00. The zero-order chi connectivity index (χ0) is 11.6. The second-order valence-electron chi connectivity index (χ2n) is 4.70. The number of alkyl halides is 3. The van der Waals surface area contributed by atoms with E-state index in [1.54, 1.807) is 6.92 Å². The van der Waals surface area contributed by atoms with E-state index in [0.29, 0.717) is 0 Å². The third-order valence-electron chi connectivity index (χ3n) is 3.44. The number of halogens is 3. The minimum absolute atomic E-state index is 0.0998. The molecule has 1 saturated heterocycles. The Bertz CT molecular complexity index is 215. The molecule has 0 aromatic rings. The number of hydrogen-bond acceptors (Lipinski definition) is 1. The summed E-state index contributed by atoms with van der Waals surface area (Å²) in [6.07, 6.45) is -2.88. The van der Waals surface area contributed by atoms with Crippen LogP contribution in [-0.4, -0.2) is 27.0 Å². The molecule has 4 atom stereocenters. The Morgan fingerprint density at radius 2 is 1.93 bits per heavy atom. The highest BCUT2D eigenvalue weighted by Crippen LogP contribution is 2.39.